The minimum absolute atomic E-state index is 0.0905. The van der Waals surface area contributed by atoms with Crippen molar-refractivity contribution < 1.29 is 14.8 Å². The molecular weight excluding hydrogens is 288 g/mol. The molecule has 8 nitrogen and oxygen atoms in total. The Hall–Kier alpha value is -2.74. The highest BCUT2D eigenvalue weighted by atomic mass is 16.6. The van der Waals surface area contributed by atoms with Gasteiger partial charge in [0.25, 0.3) is 11.6 Å². The number of amides is 1. The topological polar surface area (TPSA) is 102 Å². The predicted octanol–water partition coefficient (Wildman–Crippen LogP) is 1.23. The molecule has 0 aliphatic rings. The van der Waals surface area contributed by atoms with Gasteiger partial charge in [-0.25, -0.2) is 4.68 Å². The molecule has 2 aromatic rings. The summed E-state index contributed by atoms with van der Waals surface area (Å²) in [6.07, 6.45) is 1.50. The summed E-state index contributed by atoms with van der Waals surface area (Å²) in [5.74, 6) is -0.325. The monoisotopic (exact) mass is 304 g/mol. The van der Waals surface area contributed by atoms with Crippen LogP contribution in [0.2, 0.25) is 0 Å². The van der Waals surface area contributed by atoms with Crippen molar-refractivity contribution in [3.05, 3.63) is 52.3 Å². The van der Waals surface area contributed by atoms with Crippen LogP contribution in [0.5, 0.6) is 0 Å². The zero-order valence-corrected chi connectivity index (χ0v) is 12.0. The average Bonchev–Trinajstić information content (AvgIpc) is 3.01. The van der Waals surface area contributed by atoms with E-state index in [9.17, 15) is 14.9 Å². The second-order valence-corrected chi connectivity index (χ2v) is 4.50. The zero-order chi connectivity index (χ0) is 16.1. The summed E-state index contributed by atoms with van der Waals surface area (Å²) in [4.78, 5) is 24.2. The van der Waals surface area contributed by atoms with Gasteiger partial charge in [0, 0.05) is 25.4 Å². The third-order valence-corrected chi connectivity index (χ3v) is 3.17. The Bertz CT molecular complexity index is 683. The van der Waals surface area contributed by atoms with Gasteiger partial charge >= 0.3 is 0 Å². The Morgan fingerprint density at radius 2 is 2.14 bits per heavy atom. The number of hydrogen-bond acceptors (Lipinski definition) is 5. The minimum atomic E-state index is -0.497. The van der Waals surface area contributed by atoms with E-state index in [4.69, 9.17) is 5.11 Å². The van der Waals surface area contributed by atoms with Crippen molar-refractivity contribution in [3.8, 4) is 5.69 Å². The van der Waals surface area contributed by atoms with Gasteiger partial charge in [-0.2, -0.15) is 5.10 Å². The van der Waals surface area contributed by atoms with Crippen LogP contribution in [-0.2, 0) is 0 Å². The maximum atomic E-state index is 12.2. The molecule has 0 saturated heterocycles. The van der Waals surface area contributed by atoms with Gasteiger partial charge in [0.05, 0.1) is 11.5 Å². The quantitative estimate of drug-likeness (QED) is 0.639. The van der Waals surface area contributed by atoms with E-state index in [1.54, 1.807) is 25.1 Å². The molecule has 116 valence electrons. The van der Waals surface area contributed by atoms with Crippen LogP contribution < -0.4 is 0 Å². The van der Waals surface area contributed by atoms with E-state index in [1.165, 1.54) is 27.9 Å². The Kier molecular flexibility index (Phi) is 4.84. The van der Waals surface area contributed by atoms with E-state index < -0.39 is 4.92 Å². The van der Waals surface area contributed by atoms with Gasteiger partial charge in [-0.3, -0.25) is 14.9 Å². The number of hydrogen-bond donors (Lipinski definition) is 1. The number of nitro groups is 1. The predicted molar refractivity (Wildman–Crippen MR) is 78.9 cm³/mol. The first-order chi connectivity index (χ1) is 10.6. The summed E-state index contributed by atoms with van der Waals surface area (Å²) >= 11 is 0. The van der Waals surface area contributed by atoms with Crippen molar-refractivity contribution in [1.82, 2.24) is 14.7 Å². The zero-order valence-electron chi connectivity index (χ0n) is 12.0. The summed E-state index contributed by atoms with van der Waals surface area (Å²) in [7, 11) is 0. The van der Waals surface area contributed by atoms with Gasteiger partial charge in [-0.1, -0.05) is 12.1 Å². The molecule has 2 rings (SSSR count). The molecule has 1 aromatic carbocycles. The largest absolute Gasteiger partial charge is 0.395 e. The SMILES string of the molecule is CCN(CCO)C(=O)c1ccn(-c2ccccc2[N+](=O)[O-])n1. The van der Waals surface area contributed by atoms with E-state index in [1.807, 2.05) is 0 Å². The fourth-order valence-corrected chi connectivity index (χ4v) is 2.07. The fourth-order valence-electron chi connectivity index (χ4n) is 2.07. The van der Waals surface area contributed by atoms with Crippen LogP contribution in [0.15, 0.2) is 36.5 Å². The van der Waals surface area contributed by atoms with Crippen molar-refractivity contribution in [2.75, 3.05) is 19.7 Å². The molecule has 0 radical (unpaired) electrons. The summed E-state index contributed by atoms with van der Waals surface area (Å²) in [5.41, 5.74) is 0.373. The van der Waals surface area contributed by atoms with Gasteiger partial charge < -0.3 is 10.0 Å². The Labute approximate surface area is 126 Å². The molecule has 1 N–H and O–H groups in total. The standard InChI is InChI=1S/C14H16N4O4/c1-2-16(9-10-19)14(20)11-7-8-17(15-11)12-5-3-4-6-13(12)18(21)22/h3-8,19H,2,9-10H2,1H3. The molecule has 1 aromatic heterocycles. The van der Waals surface area contributed by atoms with Crippen molar-refractivity contribution in [1.29, 1.82) is 0 Å². The van der Waals surface area contributed by atoms with E-state index in [0.29, 0.717) is 6.54 Å². The summed E-state index contributed by atoms with van der Waals surface area (Å²) in [6.45, 7) is 2.32. The molecule has 8 heteroatoms. The van der Waals surface area contributed by atoms with Crippen LogP contribution in [-0.4, -0.2) is 50.3 Å². The Balaban J connectivity index is 2.33. The summed E-state index contributed by atoms with van der Waals surface area (Å²) < 4.78 is 1.30. The number of aromatic nitrogens is 2. The first-order valence-corrected chi connectivity index (χ1v) is 6.78. The molecule has 0 spiro atoms. The lowest BCUT2D eigenvalue weighted by Crippen LogP contribution is -2.33. The van der Waals surface area contributed by atoms with E-state index >= 15 is 0 Å². The number of benzene rings is 1. The van der Waals surface area contributed by atoms with Crippen molar-refractivity contribution in [2.45, 2.75) is 6.92 Å². The Morgan fingerprint density at radius 1 is 1.41 bits per heavy atom. The number of carbonyl (C=O) groups is 1. The molecular formula is C14H16N4O4. The number of aliphatic hydroxyl groups excluding tert-OH is 1. The summed E-state index contributed by atoms with van der Waals surface area (Å²) in [6, 6.07) is 7.67. The van der Waals surface area contributed by atoms with Crippen LogP contribution in [0, 0.1) is 10.1 Å². The van der Waals surface area contributed by atoms with Crippen LogP contribution in [0.4, 0.5) is 5.69 Å². The molecule has 0 bridgehead atoms. The number of carbonyl (C=O) groups excluding carboxylic acids is 1. The van der Waals surface area contributed by atoms with E-state index in [2.05, 4.69) is 5.10 Å². The van der Waals surface area contributed by atoms with E-state index in [-0.39, 0.29) is 36.1 Å². The lowest BCUT2D eigenvalue weighted by Gasteiger charge is -2.17. The first-order valence-electron chi connectivity index (χ1n) is 6.78. The van der Waals surface area contributed by atoms with Crippen molar-refractivity contribution >= 4 is 11.6 Å². The first kappa shape index (κ1) is 15.6. The maximum absolute atomic E-state index is 12.2. The third kappa shape index (κ3) is 3.12. The van der Waals surface area contributed by atoms with Gasteiger partial charge in [-0.15, -0.1) is 0 Å². The molecule has 22 heavy (non-hydrogen) atoms. The third-order valence-electron chi connectivity index (χ3n) is 3.17. The van der Waals surface area contributed by atoms with Gasteiger partial charge in [0.1, 0.15) is 5.69 Å². The number of aliphatic hydroxyl groups is 1. The number of likely N-dealkylation sites (N-methyl/N-ethyl adjacent to an activating group) is 1. The molecule has 0 fully saturated rings. The van der Waals surface area contributed by atoms with Crippen LogP contribution >= 0.6 is 0 Å². The van der Waals surface area contributed by atoms with Crippen LogP contribution in [0.3, 0.4) is 0 Å². The fraction of sp³-hybridized carbons (Fsp3) is 0.286. The minimum Gasteiger partial charge on any atom is -0.395 e. The highest BCUT2D eigenvalue weighted by Gasteiger charge is 2.19. The number of para-hydroxylation sites is 2. The maximum Gasteiger partial charge on any atom is 0.294 e. The number of rotatable bonds is 6. The molecule has 0 aliphatic carbocycles. The Morgan fingerprint density at radius 3 is 2.77 bits per heavy atom. The second-order valence-electron chi connectivity index (χ2n) is 4.50. The van der Waals surface area contributed by atoms with Crippen molar-refractivity contribution in [2.24, 2.45) is 0 Å². The molecule has 0 unspecified atom stereocenters. The average molecular weight is 304 g/mol. The lowest BCUT2D eigenvalue weighted by molar-refractivity contribution is -0.384. The normalized spacial score (nSPS) is 10.5. The van der Waals surface area contributed by atoms with Crippen LogP contribution in [0.1, 0.15) is 17.4 Å². The smallest absolute Gasteiger partial charge is 0.294 e. The second kappa shape index (κ2) is 6.81. The highest BCUT2D eigenvalue weighted by molar-refractivity contribution is 5.92. The van der Waals surface area contributed by atoms with Gasteiger partial charge in [0.2, 0.25) is 0 Å². The number of nitrogens with zero attached hydrogens (tertiary/aromatic N) is 4. The lowest BCUT2D eigenvalue weighted by atomic mass is 10.3. The molecule has 0 atom stereocenters. The highest BCUT2D eigenvalue weighted by Crippen LogP contribution is 2.21. The molecule has 0 aliphatic heterocycles. The van der Waals surface area contributed by atoms with Gasteiger partial charge in [0.15, 0.2) is 5.69 Å². The van der Waals surface area contributed by atoms with E-state index in [0.717, 1.165) is 0 Å². The number of nitro benzene ring substituents is 1. The van der Waals surface area contributed by atoms with Crippen molar-refractivity contribution in [3.63, 3.8) is 0 Å². The molecule has 0 saturated carbocycles. The molecule has 1 heterocycles. The summed E-state index contributed by atoms with van der Waals surface area (Å²) in [5, 5.41) is 24.1. The molecule has 1 amide bonds. The van der Waals surface area contributed by atoms with Crippen LogP contribution in [0.25, 0.3) is 5.69 Å². The van der Waals surface area contributed by atoms with Gasteiger partial charge in [-0.05, 0) is 19.1 Å².